The number of aromatic nitrogens is 1. The van der Waals surface area contributed by atoms with E-state index in [2.05, 4.69) is 35.3 Å². The van der Waals surface area contributed by atoms with Crippen molar-refractivity contribution in [1.29, 1.82) is 0 Å². The quantitative estimate of drug-likeness (QED) is 0.685. The first-order valence-electron chi connectivity index (χ1n) is 7.79. The van der Waals surface area contributed by atoms with Crippen LogP contribution >= 0.6 is 0 Å². The summed E-state index contributed by atoms with van der Waals surface area (Å²) < 4.78 is 10.5. The van der Waals surface area contributed by atoms with E-state index in [-0.39, 0.29) is 6.61 Å². The number of pyridine rings is 1. The van der Waals surface area contributed by atoms with Crippen LogP contribution in [0, 0.1) is 0 Å². The van der Waals surface area contributed by atoms with E-state index in [4.69, 9.17) is 14.6 Å². The van der Waals surface area contributed by atoms with Crippen LogP contribution in [0.15, 0.2) is 54.9 Å². The van der Waals surface area contributed by atoms with Crippen molar-refractivity contribution in [2.75, 3.05) is 33.0 Å². The van der Waals surface area contributed by atoms with Crippen LogP contribution in [0.4, 0.5) is 0 Å². The van der Waals surface area contributed by atoms with Gasteiger partial charge in [0.15, 0.2) is 0 Å². The maximum absolute atomic E-state index is 8.56. The van der Waals surface area contributed by atoms with Gasteiger partial charge in [0.25, 0.3) is 0 Å². The normalized spacial score (nSPS) is 11.2. The van der Waals surface area contributed by atoms with E-state index in [1.807, 2.05) is 24.4 Å². The third-order valence-corrected chi connectivity index (χ3v) is 3.24. The van der Waals surface area contributed by atoms with Gasteiger partial charge in [0.1, 0.15) is 0 Å². The molecule has 2 aromatic rings. The fourth-order valence-electron chi connectivity index (χ4n) is 2.11. The highest BCUT2D eigenvalue weighted by Gasteiger charge is 1.96. The second-order valence-corrected chi connectivity index (χ2v) is 5.09. The summed E-state index contributed by atoms with van der Waals surface area (Å²) in [4.78, 5) is 4.13. The maximum Gasteiger partial charge on any atom is 0.0704 e. The Morgan fingerprint density at radius 3 is 2.52 bits per heavy atom. The summed E-state index contributed by atoms with van der Waals surface area (Å²) in [5.74, 6) is 0. The second kappa shape index (κ2) is 10.7. The molecule has 1 N–H and O–H groups in total. The minimum absolute atomic E-state index is 0.0523. The Bertz CT molecular complexity index is 567. The fraction of sp³-hybridized carbons (Fsp3) is 0.316. The molecule has 0 saturated heterocycles. The number of rotatable bonds is 10. The largest absolute Gasteiger partial charge is 0.394 e. The Morgan fingerprint density at radius 1 is 0.957 bits per heavy atom. The summed E-state index contributed by atoms with van der Waals surface area (Å²) in [6, 6.07) is 12.5. The van der Waals surface area contributed by atoms with Crippen molar-refractivity contribution in [3.8, 4) is 0 Å². The molecule has 23 heavy (non-hydrogen) atoms. The molecule has 122 valence electrons. The van der Waals surface area contributed by atoms with Crippen molar-refractivity contribution in [1.82, 2.24) is 4.98 Å². The van der Waals surface area contributed by atoms with Gasteiger partial charge in [-0.05, 0) is 29.2 Å². The molecule has 0 radical (unpaired) electrons. The van der Waals surface area contributed by atoms with Crippen LogP contribution < -0.4 is 0 Å². The van der Waals surface area contributed by atoms with Crippen molar-refractivity contribution in [2.24, 2.45) is 0 Å². The zero-order valence-corrected chi connectivity index (χ0v) is 13.2. The van der Waals surface area contributed by atoms with Crippen LogP contribution in [0.25, 0.3) is 6.08 Å². The summed E-state index contributed by atoms with van der Waals surface area (Å²) in [6.45, 7) is 2.02. The Labute approximate surface area is 137 Å². The summed E-state index contributed by atoms with van der Waals surface area (Å²) in [5, 5.41) is 8.56. The van der Waals surface area contributed by atoms with Crippen LogP contribution in [-0.2, 0) is 15.9 Å². The van der Waals surface area contributed by atoms with Crippen molar-refractivity contribution in [3.05, 3.63) is 71.6 Å². The van der Waals surface area contributed by atoms with Gasteiger partial charge in [-0.3, -0.25) is 4.98 Å². The molecule has 4 nitrogen and oxygen atoms in total. The van der Waals surface area contributed by atoms with E-state index in [9.17, 15) is 0 Å². The van der Waals surface area contributed by atoms with Gasteiger partial charge in [-0.1, -0.05) is 42.5 Å². The van der Waals surface area contributed by atoms with E-state index in [1.165, 1.54) is 11.1 Å². The first-order valence-corrected chi connectivity index (χ1v) is 7.79. The fourth-order valence-corrected chi connectivity index (χ4v) is 2.11. The van der Waals surface area contributed by atoms with Gasteiger partial charge in [-0.15, -0.1) is 0 Å². The van der Waals surface area contributed by atoms with Gasteiger partial charge >= 0.3 is 0 Å². The van der Waals surface area contributed by atoms with Gasteiger partial charge in [-0.25, -0.2) is 0 Å². The Morgan fingerprint density at radius 2 is 1.78 bits per heavy atom. The third kappa shape index (κ3) is 7.19. The van der Waals surface area contributed by atoms with Gasteiger partial charge < -0.3 is 14.6 Å². The first-order chi connectivity index (χ1) is 11.4. The highest BCUT2D eigenvalue weighted by atomic mass is 16.5. The Hall–Kier alpha value is -2.01. The highest BCUT2D eigenvalue weighted by molar-refractivity contribution is 5.50. The molecule has 0 bridgehead atoms. The molecule has 0 unspecified atom stereocenters. The number of aliphatic hydroxyl groups excluding tert-OH is 1. The molecular formula is C19H23NO3. The number of nitrogens with zero attached hydrogens (tertiary/aromatic N) is 1. The molecule has 4 heteroatoms. The van der Waals surface area contributed by atoms with E-state index >= 15 is 0 Å². The Kier molecular flexibility index (Phi) is 8.05. The standard InChI is InChI=1S/C19H23NO3/c21-10-12-23-14-13-22-11-2-4-17-5-7-18(8-6-17)15-19-3-1-9-20-16-19/h1-9,16,21H,10-15H2. The smallest absolute Gasteiger partial charge is 0.0704 e. The molecule has 0 aliphatic carbocycles. The molecule has 0 atom stereocenters. The van der Waals surface area contributed by atoms with Crippen LogP contribution in [0.5, 0.6) is 0 Å². The molecule has 0 spiro atoms. The lowest BCUT2D eigenvalue weighted by atomic mass is 10.0. The molecule has 1 heterocycles. The average molecular weight is 313 g/mol. The van der Waals surface area contributed by atoms with E-state index < -0.39 is 0 Å². The summed E-state index contributed by atoms with van der Waals surface area (Å²) >= 11 is 0. The second-order valence-electron chi connectivity index (χ2n) is 5.09. The monoisotopic (exact) mass is 313 g/mol. The topological polar surface area (TPSA) is 51.6 Å². The molecule has 0 amide bonds. The highest BCUT2D eigenvalue weighted by Crippen LogP contribution is 2.11. The van der Waals surface area contributed by atoms with Crippen LogP contribution in [0.2, 0.25) is 0 Å². The maximum atomic E-state index is 8.56. The van der Waals surface area contributed by atoms with E-state index in [0.29, 0.717) is 26.4 Å². The Balaban J connectivity index is 1.69. The van der Waals surface area contributed by atoms with Crippen molar-refractivity contribution in [3.63, 3.8) is 0 Å². The molecule has 0 aliphatic heterocycles. The lowest BCUT2D eigenvalue weighted by Crippen LogP contribution is -2.07. The first kappa shape index (κ1) is 17.3. The van der Waals surface area contributed by atoms with E-state index in [1.54, 1.807) is 6.20 Å². The number of hydrogen-bond donors (Lipinski definition) is 1. The molecule has 0 saturated carbocycles. The lowest BCUT2D eigenvalue weighted by Gasteiger charge is -2.03. The summed E-state index contributed by atoms with van der Waals surface area (Å²) in [7, 11) is 0. The predicted molar refractivity (Wildman–Crippen MR) is 91.2 cm³/mol. The summed E-state index contributed by atoms with van der Waals surface area (Å²) in [5.41, 5.74) is 3.64. The number of aliphatic hydroxyl groups is 1. The third-order valence-electron chi connectivity index (χ3n) is 3.24. The molecule has 2 rings (SSSR count). The van der Waals surface area contributed by atoms with Crippen LogP contribution in [0.1, 0.15) is 16.7 Å². The minimum Gasteiger partial charge on any atom is -0.394 e. The number of ether oxygens (including phenoxy) is 2. The predicted octanol–water partition coefficient (Wildman–Crippen LogP) is 2.71. The zero-order chi connectivity index (χ0) is 16.2. The van der Waals surface area contributed by atoms with Crippen molar-refractivity contribution < 1.29 is 14.6 Å². The van der Waals surface area contributed by atoms with Crippen molar-refractivity contribution >= 4 is 6.08 Å². The van der Waals surface area contributed by atoms with Gasteiger partial charge in [0.05, 0.1) is 33.0 Å². The zero-order valence-electron chi connectivity index (χ0n) is 13.2. The molecular weight excluding hydrogens is 290 g/mol. The van der Waals surface area contributed by atoms with E-state index in [0.717, 1.165) is 12.0 Å². The average Bonchev–Trinajstić information content (AvgIpc) is 2.60. The molecule has 1 aromatic heterocycles. The number of hydrogen-bond acceptors (Lipinski definition) is 4. The van der Waals surface area contributed by atoms with Gasteiger partial charge in [0, 0.05) is 12.4 Å². The number of benzene rings is 1. The van der Waals surface area contributed by atoms with Crippen molar-refractivity contribution in [2.45, 2.75) is 6.42 Å². The van der Waals surface area contributed by atoms with Gasteiger partial charge in [0.2, 0.25) is 0 Å². The molecule has 0 fully saturated rings. The van der Waals surface area contributed by atoms with Gasteiger partial charge in [-0.2, -0.15) is 0 Å². The molecule has 1 aromatic carbocycles. The lowest BCUT2D eigenvalue weighted by molar-refractivity contribution is 0.0412. The molecule has 0 aliphatic rings. The minimum atomic E-state index is 0.0523. The SMILES string of the molecule is OCCOCCOCC=Cc1ccc(Cc2cccnc2)cc1. The van der Waals surface area contributed by atoms with Crippen LogP contribution in [0.3, 0.4) is 0 Å². The van der Waals surface area contributed by atoms with Crippen LogP contribution in [-0.4, -0.2) is 43.1 Å². The summed E-state index contributed by atoms with van der Waals surface area (Å²) in [6.07, 6.45) is 8.62.